The Morgan fingerprint density at radius 3 is 2.20 bits per heavy atom. The van der Waals surface area contributed by atoms with Gasteiger partial charge in [0.15, 0.2) is 5.78 Å². The number of fused-ring (bicyclic) bond motifs is 14. The van der Waals surface area contributed by atoms with Gasteiger partial charge in [-0.05, 0) is 56.2 Å². The van der Waals surface area contributed by atoms with Gasteiger partial charge in [0.1, 0.15) is 77.2 Å². The number of carbonyl (C=O) groups excluding carboxylic acids is 6. The maximum Gasteiger partial charge on any atom is 0.271 e. The molecule has 4 atom stereocenters. The van der Waals surface area contributed by atoms with E-state index in [0.717, 1.165) is 18.0 Å². The van der Waals surface area contributed by atoms with E-state index in [2.05, 4.69) is 38.5 Å². The number of hydrogen-bond donors (Lipinski definition) is 7. The van der Waals surface area contributed by atoms with Crippen LogP contribution >= 0.6 is 68.0 Å². The minimum atomic E-state index is -1.20. The SMILES string of the molecule is C=C1NCC(=O)N[C@@H]([C@@H](O)c2ccccc2)c2nc(cs2)-c2nc(cs2)-c2nc(-c3nc(NC(=O)C4CCC(C(=O)N5CCNCC5)CC4)cs3)ccc2-c2nc(cs2)C(=O)N[C@@H](CC(=O)NC)c2nc(c(C)s2)C(=O)C[C@H](C(C)C)c2nc1c(COC)s2. The lowest BCUT2D eigenvalue weighted by molar-refractivity contribution is -0.138. The molecular formula is C61H66N14O8S6. The third-order valence-electron chi connectivity index (χ3n) is 15.9. The first kappa shape index (κ1) is 63.2. The number of benzene rings is 1. The molecule has 22 nitrogen and oxygen atoms in total. The fourth-order valence-corrected chi connectivity index (χ4v) is 16.6. The fourth-order valence-electron chi connectivity index (χ4n) is 11.0. The number of aliphatic hydroxyl groups excluding tert-OH is 1. The minimum Gasteiger partial charge on any atom is -0.386 e. The Labute approximate surface area is 537 Å². The third-order valence-corrected chi connectivity index (χ3v) is 21.6. The van der Waals surface area contributed by atoms with Crippen LogP contribution in [0.15, 0.2) is 70.6 Å². The first-order valence-electron chi connectivity index (χ1n) is 29.1. The van der Waals surface area contributed by atoms with E-state index in [4.69, 9.17) is 39.6 Å². The normalized spacial score (nSPS) is 19.9. The molecule has 11 rings (SSSR count). The van der Waals surface area contributed by atoms with Crippen LogP contribution in [-0.4, -0.2) is 127 Å². The molecular weight excluding hydrogens is 1250 g/mol. The van der Waals surface area contributed by atoms with Crippen molar-refractivity contribution in [3.8, 4) is 43.4 Å². The lowest BCUT2D eigenvalue weighted by Gasteiger charge is -2.33. The summed E-state index contributed by atoms with van der Waals surface area (Å²) in [5.74, 6) is -1.96. The van der Waals surface area contributed by atoms with Gasteiger partial charge in [-0.3, -0.25) is 28.8 Å². The van der Waals surface area contributed by atoms with E-state index in [-0.39, 0.29) is 84.6 Å². The average Bonchev–Trinajstić information content (AvgIpc) is 1.99. The summed E-state index contributed by atoms with van der Waals surface area (Å²) in [6.45, 7) is 13.0. The first-order chi connectivity index (χ1) is 43.0. The molecule has 0 spiro atoms. The van der Waals surface area contributed by atoms with E-state index in [1.807, 2.05) is 41.6 Å². The number of nitrogens with zero attached hydrogens (tertiary/aromatic N) is 8. The number of aliphatic hydroxyl groups is 1. The van der Waals surface area contributed by atoms with Crippen LogP contribution in [0.1, 0.15) is 133 Å². The molecule has 7 aromatic heterocycles. The Morgan fingerprint density at radius 1 is 0.753 bits per heavy atom. The average molecular weight is 1320 g/mol. The molecule has 0 unspecified atom stereocenters. The van der Waals surface area contributed by atoms with Gasteiger partial charge in [-0.1, -0.05) is 50.8 Å². The van der Waals surface area contributed by atoms with Gasteiger partial charge >= 0.3 is 0 Å². The fraction of sp³-hybridized carbons (Fsp3) is 0.393. The molecule has 5 amide bonds. The Bertz CT molecular complexity index is 3910. The van der Waals surface area contributed by atoms with E-state index in [9.17, 15) is 33.9 Å². The highest BCUT2D eigenvalue weighted by Crippen LogP contribution is 2.42. The molecule has 0 radical (unpaired) electrons. The van der Waals surface area contributed by atoms with E-state index in [1.165, 1.54) is 75.1 Å². The highest BCUT2D eigenvalue weighted by molar-refractivity contribution is 7.15. The number of anilines is 1. The molecule has 10 bridgehead atoms. The summed E-state index contributed by atoms with van der Waals surface area (Å²) >= 11 is 7.71. The van der Waals surface area contributed by atoms with Crippen LogP contribution in [0.5, 0.6) is 0 Å². The molecule has 464 valence electrons. The van der Waals surface area contributed by atoms with Crippen molar-refractivity contribution in [2.45, 2.75) is 90.0 Å². The lowest BCUT2D eigenvalue weighted by Crippen LogP contribution is -2.49. The molecule has 89 heavy (non-hydrogen) atoms. The summed E-state index contributed by atoms with van der Waals surface area (Å²) in [6, 6.07) is 10.7. The quantitative estimate of drug-likeness (QED) is 0.0635. The van der Waals surface area contributed by atoms with Crippen molar-refractivity contribution in [1.29, 1.82) is 0 Å². The van der Waals surface area contributed by atoms with Gasteiger partial charge in [-0.15, -0.1) is 68.0 Å². The van der Waals surface area contributed by atoms with E-state index in [1.54, 1.807) is 55.1 Å². The molecule has 7 N–H and O–H groups in total. The predicted octanol–water partition coefficient (Wildman–Crippen LogP) is 9.20. The molecule has 9 heterocycles. The highest BCUT2D eigenvalue weighted by Gasteiger charge is 2.35. The largest absolute Gasteiger partial charge is 0.386 e. The molecule has 1 saturated heterocycles. The summed E-state index contributed by atoms with van der Waals surface area (Å²) in [5, 5.41) is 40.1. The van der Waals surface area contributed by atoms with Crippen LogP contribution < -0.4 is 31.9 Å². The molecule has 1 saturated carbocycles. The number of ether oxygens (including phenoxy) is 1. The number of carbonyl (C=O) groups is 6. The second-order valence-corrected chi connectivity index (χ2v) is 28.0. The van der Waals surface area contributed by atoms with Crippen LogP contribution in [0, 0.1) is 24.7 Å². The number of pyridine rings is 1. The third kappa shape index (κ3) is 14.5. The van der Waals surface area contributed by atoms with Crippen molar-refractivity contribution in [2.75, 3.05) is 52.2 Å². The lowest BCUT2D eigenvalue weighted by atomic mass is 9.81. The number of rotatable bonds is 11. The number of thiazole rings is 6. The van der Waals surface area contributed by atoms with Crippen LogP contribution in [0.4, 0.5) is 5.82 Å². The van der Waals surface area contributed by atoms with Crippen LogP contribution in [0.3, 0.4) is 0 Å². The number of methoxy groups -OCH3 is 1. The van der Waals surface area contributed by atoms with Crippen molar-refractivity contribution in [2.24, 2.45) is 17.8 Å². The van der Waals surface area contributed by atoms with Gasteiger partial charge in [-0.2, -0.15) is 0 Å². The zero-order valence-electron chi connectivity index (χ0n) is 49.4. The number of aromatic nitrogens is 7. The molecule has 28 heteroatoms. The maximum atomic E-state index is 14.4. The van der Waals surface area contributed by atoms with Gasteiger partial charge < -0.3 is 46.6 Å². The van der Waals surface area contributed by atoms with Crippen molar-refractivity contribution < 1.29 is 38.6 Å². The minimum absolute atomic E-state index is 0.0499. The first-order valence-corrected chi connectivity index (χ1v) is 34.3. The summed E-state index contributed by atoms with van der Waals surface area (Å²) in [4.78, 5) is 121. The predicted molar refractivity (Wildman–Crippen MR) is 347 cm³/mol. The standard InChI is InChI=1S/C61H66N14O8S6/c1-30(2)37-22-43(76)49-32(4)88-59(74-49)39(23-46(77)62-5)66-54(81)41-27-84-55(68-41)36-16-17-38(57-71-45(29-87-57)70-53(80)34-12-14-35(15-13-34)61(82)75-20-18-63-19-21-75)65-50(36)40-26-85-58(67-40)42-28-86-60(69-42)51(52(79)33-10-8-7-9-11-33)72-47(78)24-64-31(3)48-44(25-83-6)89-56(37)73-48/h7-11,16-17,26-30,34-35,37,39,51-52,63-64,79H,3,12-15,18-25H2,1-2,4-6H3,(H,62,77)(H,66,81)(H,70,80)(H,72,78)/t34?,35?,37-,39+,51+,52+/m1/s1. The van der Waals surface area contributed by atoms with Crippen molar-refractivity contribution in [3.05, 3.63) is 118 Å². The van der Waals surface area contributed by atoms with E-state index >= 15 is 0 Å². The topological polar surface area (TPSA) is 298 Å². The number of amides is 5. The Morgan fingerprint density at radius 2 is 1.45 bits per heavy atom. The van der Waals surface area contributed by atoms with Crippen LogP contribution in [0.25, 0.3) is 49.1 Å². The second kappa shape index (κ2) is 28.2. The smallest absolute Gasteiger partial charge is 0.271 e. The number of nitrogens with one attached hydrogen (secondary N) is 6. The number of aryl methyl sites for hydroxylation is 1. The van der Waals surface area contributed by atoms with Crippen molar-refractivity contribution in [3.63, 3.8) is 0 Å². The molecule has 3 aliphatic rings. The van der Waals surface area contributed by atoms with Crippen LogP contribution in [-0.2, 0) is 30.5 Å². The summed E-state index contributed by atoms with van der Waals surface area (Å²) in [6.07, 6.45) is 1.19. The highest BCUT2D eigenvalue weighted by atomic mass is 32.1. The van der Waals surface area contributed by atoms with Gasteiger partial charge in [0.25, 0.3) is 5.91 Å². The number of ketones is 1. The van der Waals surface area contributed by atoms with Crippen molar-refractivity contribution in [1.82, 2.24) is 66.4 Å². The molecule has 8 aromatic rings. The molecule has 1 aliphatic carbocycles. The molecule has 1 aromatic carbocycles. The Hall–Kier alpha value is -7.41. The van der Waals surface area contributed by atoms with Crippen LogP contribution in [0.2, 0.25) is 0 Å². The zero-order chi connectivity index (χ0) is 62.5. The zero-order valence-corrected chi connectivity index (χ0v) is 54.3. The summed E-state index contributed by atoms with van der Waals surface area (Å²) < 4.78 is 5.59. The van der Waals surface area contributed by atoms with Gasteiger partial charge in [0.2, 0.25) is 23.6 Å². The second-order valence-electron chi connectivity index (χ2n) is 22.2. The number of Topliss-reactive ketones (excluding diaryl/α,β-unsaturated/α-hetero) is 1. The van der Waals surface area contributed by atoms with Gasteiger partial charge in [0, 0.05) is 96.5 Å². The Balaban J connectivity index is 0.932. The number of piperazine rings is 1. The number of hydrogen-bond acceptors (Lipinski definition) is 23. The summed E-state index contributed by atoms with van der Waals surface area (Å²) in [5.41, 5.74) is 4.07. The van der Waals surface area contributed by atoms with E-state index < -0.39 is 30.0 Å². The summed E-state index contributed by atoms with van der Waals surface area (Å²) in [7, 11) is 3.08. The molecule has 2 aliphatic heterocycles. The van der Waals surface area contributed by atoms with Crippen molar-refractivity contribution >= 4 is 115 Å². The monoisotopic (exact) mass is 1310 g/mol. The maximum absolute atomic E-state index is 14.4. The Kier molecular flexibility index (Phi) is 20.0. The van der Waals surface area contributed by atoms with Gasteiger partial charge in [0.05, 0.1) is 46.9 Å². The molecule has 2 fully saturated rings. The van der Waals surface area contributed by atoms with Gasteiger partial charge in [-0.25, -0.2) is 34.9 Å². The van der Waals surface area contributed by atoms with E-state index in [0.29, 0.717) is 125 Å².